The van der Waals surface area contributed by atoms with Crippen LogP contribution in [0, 0.1) is 5.92 Å². The van der Waals surface area contributed by atoms with Crippen LogP contribution in [0.1, 0.15) is 37.7 Å². The first-order chi connectivity index (χ1) is 8.83. The quantitative estimate of drug-likeness (QED) is 0.750. The smallest absolute Gasteiger partial charge is 0.420 e. The first-order valence-corrected chi connectivity index (χ1v) is 6.49. The van der Waals surface area contributed by atoms with Gasteiger partial charge in [0.05, 0.1) is 0 Å². The molecule has 3 heteroatoms. The Morgan fingerprint density at radius 1 is 1.17 bits per heavy atom. The summed E-state index contributed by atoms with van der Waals surface area (Å²) in [5.41, 5.74) is 0.891. The van der Waals surface area contributed by atoms with E-state index in [9.17, 15) is 4.79 Å². The molecule has 1 aliphatic carbocycles. The van der Waals surface area contributed by atoms with Crippen molar-refractivity contribution in [2.45, 2.75) is 37.9 Å². The molecule has 0 bridgehead atoms. The zero-order valence-corrected chi connectivity index (χ0v) is 10.7. The van der Waals surface area contributed by atoms with Gasteiger partial charge >= 0.3 is 6.47 Å². The molecule has 97 valence electrons. The third kappa shape index (κ3) is 2.41. The fraction of sp³-hybridized carbons (Fsp3) is 0.533. The zero-order valence-electron chi connectivity index (χ0n) is 10.7. The minimum Gasteiger partial charge on any atom is -0.420 e. The lowest BCUT2D eigenvalue weighted by Gasteiger charge is -2.39. The Balaban J connectivity index is 2.34. The van der Waals surface area contributed by atoms with E-state index < -0.39 is 5.79 Å². The molecule has 0 spiro atoms. The summed E-state index contributed by atoms with van der Waals surface area (Å²) in [5.74, 6) is -0.760. The van der Waals surface area contributed by atoms with Crippen LogP contribution in [0.4, 0.5) is 0 Å². The Labute approximate surface area is 108 Å². The van der Waals surface area contributed by atoms with Crippen LogP contribution < -0.4 is 0 Å². The summed E-state index contributed by atoms with van der Waals surface area (Å²) < 4.78 is 10.9. The fourth-order valence-electron chi connectivity index (χ4n) is 2.92. The van der Waals surface area contributed by atoms with E-state index in [1.165, 1.54) is 6.42 Å². The van der Waals surface area contributed by atoms with Crippen molar-refractivity contribution in [2.75, 3.05) is 7.11 Å². The predicted molar refractivity (Wildman–Crippen MR) is 68.5 cm³/mol. The average Bonchev–Trinajstić information content (AvgIpc) is 2.47. The van der Waals surface area contributed by atoms with Gasteiger partial charge in [0.2, 0.25) is 5.79 Å². The normalized spacial score (nSPS) is 20.1. The topological polar surface area (TPSA) is 35.5 Å². The molecule has 0 amide bonds. The van der Waals surface area contributed by atoms with Crippen molar-refractivity contribution < 1.29 is 14.3 Å². The highest BCUT2D eigenvalue weighted by Gasteiger charge is 2.43. The first-order valence-electron chi connectivity index (χ1n) is 6.49. The average molecular weight is 247 g/mol. The second-order valence-corrected chi connectivity index (χ2v) is 4.76. The molecule has 1 fully saturated rings. The van der Waals surface area contributed by atoms with Crippen LogP contribution in [-0.4, -0.2) is 13.6 Å². The van der Waals surface area contributed by atoms with Crippen molar-refractivity contribution in [2.24, 2.45) is 5.92 Å². The molecule has 0 N–H and O–H groups in total. The van der Waals surface area contributed by atoms with Crippen LogP contribution in [0.3, 0.4) is 0 Å². The SMILES string of the molecule is COC(O[C]=O)(c1ccccc1)C1CCCCC1. The first kappa shape index (κ1) is 13.1. The van der Waals surface area contributed by atoms with Crippen molar-refractivity contribution in [3.63, 3.8) is 0 Å². The Morgan fingerprint density at radius 2 is 1.83 bits per heavy atom. The molecule has 0 aromatic heterocycles. The van der Waals surface area contributed by atoms with E-state index >= 15 is 0 Å². The van der Waals surface area contributed by atoms with Gasteiger partial charge in [-0.1, -0.05) is 49.6 Å². The van der Waals surface area contributed by atoms with Crippen LogP contribution in [-0.2, 0) is 20.1 Å². The molecule has 1 saturated carbocycles. The number of carbonyl (C=O) groups excluding carboxylic acids is 1. The predicted octanol–water partition coefficient (Wildman–Crippen LogP) is 3.15. The molecule has 18 heavy (non-hydrogen) atoms. The second kappa shape index (κ2) is 6.01. The summed E-state index contributed by atoms with van der Waals surface area (Å²) in [6.45, 7) is 1.58. The Hall–Kier alpha value is -1.35. The highest BCUT2D eigenvalue weighted by Crippen LogP contribution is 2.42. The summed E-state index contributed by atoms with van der Waals surface area (Å²) in [6, 6.07) is 9.68. The number of benzene rings is 1. The molecule has 2 rings (SSSR count). The molecule has 1 unspecified atom stereocenters. The van der Waals surface area contributed by atoms with E-state index in [1.54, 1.807) is 13.6 Å². The maximum Gasteiger partial charge on any atom is 0.420 e. The van der Waals surface area contributed by atoms with Gasteiger partial charge in [0.25, 0.3) is 0 Å². The molecule has 1 aromatic rings. The third-order valence-electron chi connectivity index (χ3n) is 3.82. The molecule has 0 saturated heterocycles. The maximum atomic E-state index is 10.8. The molecule has 0 aliphatic heterocycles. The van der Waals surface area contributed by atoms with E-state index in [0.29, 0.717) is 0 Å². The van der Waals surface area contributed by atoms with Crippen molar-refractivity contribution >= 4 is 6.47 Å². The lowest BCUT2D eigenvalue weighted by molar-refractivity contribution is -0.225. The molecule has 3 nitrogen and oxygen atoms in total. The van der Waals surface area contributed by atoms with Gasteiger partial charge in [-0.05, 0) is 12.8 Å². The van der Waals surface area contributed by atoms with Gasteiger partial charge in [0.1, 0.15) is 0 Å². The second-order valence-electron chi connectivity index (χ2n) is 4.76. The van der Waals surface area contributed by atoms with Crippen molar-refractivity contribution in [3.05, 3.63) is 35.9 Å². The molecule has 1 aliphatic rings. The van der Waals surface area contributed by atoms with Gasteiger partial charge in [-0.3, -0.25) is 0 Å². The van der Waals surface area contributed by atoms with E-state index in [0.717, 1.165) is 31.2 Å². The van der Waals surface area contributed by atoms with Crippen LogP contribution in [0.15, 0.2) is 30.3 Å². The molecule has 1 radical (unpaired) electrons. The lowest BCUT2D eigenvalue weighted by Crippen LogP contribution is -2.41. The molecular formula is C15H19O3. The number of methoxy groups -OCH3 is 1. The molecule has 1 atom stereocenters. The summed E-state index contributed by atoms with van der Waals surface area (Å²) in [4.78, 5) is 10.8. The Morgan fingerprint density at radius 3 is 2.39 bits per heavy atom. The van der Waals surface area contributed by atoms with E-state index in [4.69, 9.17) is 9.47 Å². The number of ether oxygens (including phenoxy) is 2. The number of hydrogen-bond acceptors (Lipinski definition) is 3. The highest BCUT2D eigenvalue weighted by molar-refractivity contribution is 5.41. The Kier molecular flexibility index (Phi) is 4.37. The van der Waals surface area contributed by atoms with Gasteiger partial charge in [-0.15, -0.1) is 0 Å². The number of hydrogen-bond donors (Lipinski definition) is 0. The van der Waals surface area contributed by atoms with Crippen molar-refractivity contribution in [3.8, 4) is 0 Å². The van der Waals surface area contributed by atoms with Gasteiger partial charge in [-0.25, -0.2) is 4.79 Å². The minimum atomic E-state index is -0.969. The van der Waals surface area contributed by atoms with Crippen LogP contribution >= 0.6 is 0 Å². The van der Waals surface area contributed by atoms with Crippen LogP contribution in [0.25, 0.3) is 0 Å². The minimum absolute atomic E-state index is 0.208. The van der Waals surface area contributed by atoms with Gasteiger partial charge in [0.15, 0.2) is 0 Å². The molecule has 0 heterocycles. The van der Waals surface area contributed by atoms with E-state index in [1.807, 2.05) is 30.3 Å². The Bertz CT molecular complexity index is 371. The molecule has 1 aromatic carbocycles. The number of rotatable bonds is 5. The van der Waals surface area contributed by atoms with Crippen molar-refractivity contribution in [1.82, 2.24) is 0 Å². The summed E-state index contributed by atoms with van der Waals surface area (Å²) in [7, 11) is 1.60. The summed E-state index contributed by atoms with van der Waals surface area (Å²) in [6.07, 6.45) is 5.60. The van der Waals surface area contributed by atoms with Gasteiger partial charge < -0.3 is 9.47 Å². The zero-order chi connectivity index (χ0) is 12.8. The van der Waals surface area contributed by atoms with Crippen LogP contribution in [0.5, 0.6) is 0 Å². The largest absolute Gasteiger partial charge is 0.420 e. The van der Waals surface area contributed by atoms with E-state index in [-0.39, 0.29) is 5.92 Å². The highest BCUT2D eigenvalue weighted by atomic mass is 16.7. The molecular weight excluding hydrogens is 228 g/mol. The van der Waals surface area contributed by atoms with E-state index in [2.05, 4.69) is 0 Å². The van der Waals surface area contributed by atoms with Crippen molar-refractivity contribution in [1.29, 1.82) is 0 Å². The summed E-state index contributed by atoms with van der Waals surface area (Å²) >= 11 is 0. The third-order valence-corrected chi connectivity index (χ3v) is 3.82. The summed E-state index contributed by atoms with van der Waals surface area (Å²) in [5, 5.41) is 0. The standard InChI is InChI=1S/C15H19O3/c1-17-15(18-12-16,13-8-4-2-5-9-13)14-10-6-3-7-11-14/h2,4-5,8-9,14H,3,6-7,10-11H2,1H3. The maximum absolute atomic E-state index is 10.8. The lowest BCUT2D eigenvalue weighted by atomic mass is 9.80. The van der Waals surface area contributed by atoms with Gasteiger partial charge in [-0.2, -0.15) is 0 Å². The fourth-order valence-corrected chi connectivity index (χ4v) is 2.92. The van der Waals surface area contributed by atoms with Gasteiger partial charge in [0, 0.05) is 18.6 Å². The monoisotopic (exact) mass is 247 g/mol. The van der Waals surface area contributed by atoms with Crippen LogP contribution in [0.2, 0.25) is 0 Å².